The van der Waals surface area contributed by atoms with E-state index in [2.05, 4.69) is 12.2 Å². The van der Waals surface area contributed by atoms with Crippen LogP contribution < -0.4 is 11.1 Å². The molecule has 2 rings (SSSR count). The Morgan fingerprint density at radius 2 is 2.17 bits per heavy atom. The van der Waals surface area contributed by atoms with Crippen LogP contribution in [-0.4, -0.2) is 5.91 Å². The summed E-state index contributed by atoms with van der Waals surface area (Å²) in [7, 11) is 0. The fourth-order valence-corrected chi connectivity index (χ4v) is 1.67. The fourth-order valence-electron chi connectivity index (χ4n) is 1.67. The van der Waals surface area contributed by atoms with Crippen LogP contribution in [-0.2, 0) is 13.0 Å². The molecule has 0 saturated heterocycles. The normalized spacial score (nSPS) is 10.3. The molecule has 3 N–H and O–H groups in total. The number of nitrogens with two attached hydrogens (primary N) is 1. The van der Waals surface area contributed by atoms with Crippen LogP contribution >= 0.6 is 0 Å². The van der Waals surface area contributed by atoms with Crippen molar-refractivity contribution in [1.29, 1.82) is 0 Å². The third-order valence-corrected chi connectivity index (χ3v) is 2.68. The van der Waals surface area contributed by atoms with Gasteiger partial charge in [-0.05, 0) is 36.2 Å². The highest BCUT2D eigenvalue weighted by atomic mass is 16.4. The van der Waals surface area contributed by atoms with Crippen molar-refractivity contribution in [2.45, 2.75) is 19.9 Å². The van der Waals surface area contributed by atoms with E-state index in [4.69, 9.17) is 10.2 Å². The third kappa shape index (κ3) is 2.78. The summed E-state index contributed by atoms with van der Waals surface area (Å²) in [5.41, 5.74) is 7.37. The summed E-state index contributed by atoms with van der Waals surface area (Å²) >= 11 is 0. The molecule has 0 aliphatic rings. The zero-order chi connectivity index (χ0) is 13.0. The summed E-state index contributed by atoms with van der Waals surface area (Å²) in [5.74, 6) is 0.614. The van der Waals surface area contributed by atoms with Gasteiger partial charge in [0.15, 0.2) is 5.76 Å². The topological polar surface area (TPSA) is 68.3 Å². The first-order valence-electron chi connectivity index (χ1n) is 5.92. The molecular formula is C14H16N2O2. The maximum atomic E-state index is 11.9. The molecule has 4 nitrogen and oxygen atoms in total. The number of carbonyl (C=O) groups is 1. The van der Waals surface area contributed by atoms with Gasteiger partial charge in [0.05, 0.1) is 6.54 Å². The Labute approximate surface area is 106 Å². The lowest BCUT2D eigenvalue weighted by Gasteiger charge is -2.04. The van der Waals surface area contributed by atoms with Crippen LogP contribution in [0, 0.1) is 0 Å². The summed E-state index contributed by atoms with van der Waals surface area (Å²) < 4.78 is 5.29. The molecule has 0 aliphatic carbocycles. The van der Waals surface area contributed by atoms with Gasteiger partial charge in [0.2, 0.25) is 0 Å². The molecule has 1 aromatic heterocycles. The molecule has 0 unspecified atom stereocenters. The van der Waals surface area contributed by atoms with E-state index in [-0.39, 0.29) is 11.7 Å². The number of furan rings is 1. The molecule has 1 aromatic carbocycles. The predicted octanol–water partition coefficient (Wildman–Crippen LogP) is 2.55. The summed E-state index contributed by atoms with van der Waals surface area (Å²) in [6.45, 7) is 2.36. The highest BCUT2D eigenvalue weighted by Crippen LogP contribution is 2.14. The van der Waals surface area contributed by atoms with Gasteiger partial charge in [0, 0.05) is 5.69 Å². The van der Waals surface area contributed by atoms with Gasteiger partial charge in [-0.25, -0.2) is 0 Å². The predicted molar refractivity (Wildman–Crippen MR) is 70.4 cm³/mol. The first-order valence-corrected chi connectivity index (χ1v) is 5.92. The van der Waals surface area contributed by atoms with Crippen LogP contribution in [0.5, 0.6) is 0 Å². The van der Waals surface area contributed by atoms with E-state index < -0.39 is 0 Å². The zero-order valence-corrected chi connectivity index (χ0v) is 10.3. The standard InChI is InChI=1S/C14H16N2O2/c1-2-10-4-3-5-11(8-10)16-14(17)13-7-6-12(9-15)18-13/h3-8H,2,9,15H2,1H3,(H,16,17). The van der Waals surface area contributed by atoms with Gasteiger partial charge in [-0.15, -0.1) is 0 Å². The van der Waals surface area contributed by atoms with E-state index in [0.717, 1.165) is 12.1 Å². The molecule has 18 heavy (non-hydrogen) atoms. The van der Waals surface area contributed by atoms with Crippen molar-refractivity contribution >= 4 is 11.6 Å². The summed E-state index contributed by atoms with van der Waals surface area (Å²) in [6.07, 6.45) is 0.932. The quantitative estimate of drug-likeness (QED) is 0.868. The molecule has 0 bridgehead atoms. The summed E-state index contributed by atoms with van der Waals surface area (Å²) in [5, 5.41) is 2.80. The number of carbonyl (C=O) groups excluding carboxylic acids is 1. The van der Waals surface area contributed by atoms with Crippen molar-refractivity contribution in [3.63, 3.8) is 0 Å². The first kappa shape index (κ1) is 12.4. The zero-order valence-electron chi connectivity index (χ0n) is 10.3. The first-order chi connectivity index (χ1) is 8.72. The van der Waals surface area contributed by atoms with Gasteiger partial charge < -0.3 is 15.5 Å². The van der Waals surface area contributed by atoms with Crippen molar-refractivity contribution < 1.29 is 9.21 Å². The number of benzene rings is 1. The average Bonchev–Trinajstić information content (AvgIpc) is 2.88. The summed E-state index contributed by atoms with van der Waals surface area (Å²) in [4.78, 5) is 11.9. The number of hydrogen-bond acceptors (Lipinski definition) is 3. The largest absolute Gasteiger partial charge is 0.455 e. The minimum Gasteiger partial charge on any atom is -0.455 e. The lowest BCUT2D eigenvalue weighted by molar-refractivity contribution is 0.0995. The Hall–Kier alpha value is -2.07. The number of rotatable bonds is 4. The van der Waals surface area contributed by atoms with Crippen LogP contribution in [0.25, 0.3) is 0 Å². The van der Waals surface area contributed by atoms with Crippen molar-refractivity contribution in [3.8, 4) is 0 Å². The minimum atomic E-state index is -0.261. The van der Waals surface area contributed by atoms with Gasteiger partial charge in [-0.2, -0.15) is 0 Å². The molecule has 4 heteroatoms. The molecule has 2 aromatic rings. The van der Waals surface area contributed by atoms with Crippen molar-refractivity contribution in [2.75, 3.05) is 5.32 Å². The van der Waals surface area contributed by atoms with E-state index in [9.17, 15) is 4.79 Å². The molecule has 1 heterocycles. The molecule has 1 amide bonds. The Balaban J connectivity index is 2.10. The molecular weight excluding hydrogens is 228 g/mol. The number of amides is 1. The molecule has 0 radical (unpaired) electrons. The molecule has 0 atom stereocenters. The van der Waals surface area contributed by atoms with E-state index in [1.54, 1.807) is 12.1 Å². The fraction of sp³-hybridized carbons (Fsp3) is 0.214. The van der Waals surface area contributed by atoms with Crippen molar-refractivity contribution in [1.82, 2.24) is 0 Å². The Morgan fingerprint density at radius 1 is 1.33 bits per heavy atom. The van der Waals surface area contributed by atoms with Crippen molar-refractivity contribution in [2.24, 2.45) is 5.73 Å². The average molecular weight is 244 g/mol. The lowest BCUT2D eigenvalue weighted by atomic mass is 10.1. The third-order valence-electron chi connectivity index (χ3n) is 2.68. The van der Waals surface area contributed by atoms with E-state index in [1.165, 1.54) is 5.56 Å². The van der Waals surface area contributed by atoms with Gasteiger partial charge in [-0.1, -0.05) is 19.1 Å². The van der Waals surface area contributed by atoms with Crippen LogP contribution in [0.15, 0.2) is 40.8 Å². The van der Waals surface area contributed by atoms with Gasteiger partial charge in [0.1, 0.15) is 5.76 Å². The van der Waals surface area contributed by atoms with Crippen LogP contribution in [0.2, 0.25) is 0 Å². The van der Waals surface area contributed by atoms with Gasteiger partial charge >= 0.3 is 0 Å². The van der Waals surface area contributed by atoms with Crippen LogP contribution in [0.3, 0.4) is 0 Å². The smallest absolute Gasteiger partial charge is 0.291 e. The second kappa shape index (κ2) is 5.51. The van der Waals surface area contributed by atoms with E-state index in [1.807, 2.05) is 24.3 Å². The molecule has 94 valence electrons. The maximum absolute atomic E-state index is 11.9. The number of aryl methyl sites for hydroxylation is 1. The summed E-state index contributed by atoms with van der Waals surface area (Å²) in [6, 6.07) is 11.1. The van der Waals surface area contributed by atoms with Crippen LogP contribution in [0.1, 0.15) is 28.8 Å². The van der Waals surface area contributed by atoms with Crippen LogP contribution in [0.4, 0.5) is 5.69 Å². The lowest BCUT2D eigenvalue weighted by Crippen LogP contribution is -2.11. The highest BCUT2D eigenvalue weighted by Gasteiger charge is 2.10. The van der Waals surface area contributed by atoms with Gasteiger partial charge in [-0.3, -0.25) is 4.79 Å². The molecule has 0 spiro atoms. The Bertz CT molecular complexity index is 546. The molecule has 0 aliphatic heterocycles. The minimum absolute atomic E-state index is 0.261. The highest BCUT2D eigenvalue weighted by molar-refractivity contribution is 6.02. The molecule has 0 fully saturated rings. The SMILES string of the molecule is CCc1cccc(NC(=O)c2ccc(CN)o2)c1. The van der Waals surface area contributed by atoms with E-state index in [0.29, 0.717) is 12.3 Å². The number of hydrogen-bond donors (Lipinski definition) is 2. The monoisotopic (exact) mass is 244 g/mol. The number of anilines is 1. The Kier molecular flexibility index (Phi) is 3.79. The second-order valence-electron chi connectivity index (χ2n) is 3.98. The second-order valence-corrected chi connectivity index (χ2v) is 3.98. The van der Waals surface area contributed by atoms with Crippen molar-refractivity contribution in [3.05, 3.63) is 53.5 Å². The Morgan fingerprint density at radius 3 is 2.83 bits per heavy atom. The molecule has 0 saturated carbocycles. The number of nitrogens with one attached hydrogen (secondary N) is 1. The van der Waals surface area contributed by atoms with E-state index >= 15 is 0 Å². The maximum Gasteiger partial charge on any atom is 0.291 e. The van der Waals surface area contributed by atoms with Gasteiger partial charge in [0.25, 0.3) is 5.91 Å².